The number of hydrogen-bond acceptors (Lipinski definition) is 2. The molecule has 0 amide bonds. The molecule has 0 aromatic heterocycles. The number of halogens is 2. The summed E-state index contributed by atoms with van der Waals surface area (Å²) in [6.07, 6.45) is 5.00. The maximum atomic E-state index is 6.41. The molecule has 2 atom stereocenters. The van der Waals surface area contributed by atoms with Gasteiger partial charge < -0.3 is 5.32 Å². The van der Waals surface area contributed by atoms with Crippen LogP contribution in [0.3, 0.4) is 0 Å². The van der Waals surface area contributed by atoms with E-state index in [1.54, 1.807) is 0 Å². The normalized spacial score (nSPS) is 20.1. The number of hydrogen-bond donors (Lipinski definition) is 1. The molecule has 1 N–H and O–H groups in total. The minimum Gasteiger partial charge on any atom is -0.313 e. The van der Waals surface area contributed by atoms with Crippen LogP contribution in [-0.2, 0) is 0 Å². The summed E-state index contributed by atoms with van der Waals surface area (Å²) in [4.78, 5) is 2.55. The van der Waals surface area contributed by atoms with Crippen LogP contribution < -0.4 is 5.32 Å². The molecule has 1 saturated heterocycles. The third kappa shape index (κ3) is 4.59. The zero-order chi connectivity index (χ0) is 15.2. The van der Waals surface area contributed by atoms with E-state index < -0.39 is 0 Å². The van der Waals surface area contributed by atoms with Crippen molar-refractivity contribution < 1.29 is 0 Å². The molecule has 4 heteroatoms. The highest BCUT2D eigenvalue weighted by atomic mass is 35.5. The molecule has 0 radical (unpaired) electrons. The Morgan fingerprint density at radius 1 is 1.38 bits per heavy atom. The third-order valence-corrected chi connectivity index (χ3v) is 5.23. The van der Waals surface area contributed by atoms with E-state index in [0.717, 1.165) is 25.2 Å². The largest absolute Gasteiger partial charge is 0.313 e. The van der Waals surface area contributed by atoms with Gasteiger partial charge in [-0.3, -0.25) is 4.90 Å². The molecule has 21 heavy (non-hydrogen) atoms. The van der Waals surface area contributed by atoms with Crippen molar-refractivity contribution in [3.8, 4) is 0 Å². The highest BCUT2D eigenvalue weighted by Crippen LogP contribution is 2.33. The molecule has 0 spiro atoms. The van der Waals surface area contributed by atoms with E-state index in [0.29, 0.717) is 22.1 Å². The van der Waals surface area contributed by atoms with Crippen LogP contribution >= 0.6 is 23.2 Å². The van der Waals surface area contributed by atoms with Crippen LogP contribution in [0.25, 0.3) is 0 Å². The first-order chi connectivity index (χ1) is 10.1. The Morgan fingerprint density at radius 3 is 2.86 bits per heavy atom. The van der Waals surface area contributed by atoms with E-state index in [-0.39, 0.29) is 0 Å². The fourth-order valence-electron chi connectivity index (χ4n) is 3.04. The van der Waals surface area contributed by atoms with E-state index >= 15 is 0 Å². The Balaban J connectivity index is 2.11. The topological polar surface area (TPSA) is 15.3 Å². The second-order valence-corrected chi connectivity index (χ2v) is 6.75. The van der Waals surface area contributed by atoms with Crippen LogP contribution in [0, 0.1) is 0 Å². The maximum Gasteiger partial charge on any atom is 0.0640 e. The predicted octanol–water partition coefficient (Wildman–Crippen LogP) is 4.91. The zero-order valence-electron chi connectivity index (χ0n) is 13.0. The average Bonchev–Trinajstić information content (AvgIpc) is 2.98. The van der Waals surface area contributed by atoms with Gasteiger partial charge in [0.05, 0.1) is 10.0 Å². The Labute approximate surface area is 138 Å². The zero-order valence-corrected chi connectivity index (χ0v) is 14.6. The predicted molar refractivity (Wildman–Crippen MR) is 92.4 cm³/mol. The highest BCUT2D eigenvalue weighted by Gasteiger charge is 2.23. The number of rotatable bonds is 7. The number of benzene rings is 1. The van der Waals surface area contributed by atoms with Gasteiger partial charge in [0.15, 0.2) is 0 Å². The summed E-state index contributed by atoms with van der Waals surface area (Å²) in [5.41, 5.74) is 1.14. The van der Waals surface area contributed by atoms with Gasteiger partial charge in [0.1, 0.15) is 0 Å². The van der Waals surface area contributed by atoms with Crippen molar-refractivity contribution in [2.45, 2.75) is 51.6 Å². The minimum atomic E-state index is 0.296. The van der Waals surface area contributed by atoms with Crippen LogP contribution in [0.2, 0.25) is 10.0 Å². The summed E-state index contributed by atoms with van der Waals surface area (Å²) in [6, 6.07) is 6.85. The first-order valence-electron chi connectivity index (χ1n) is 8.04. The van der Waals surface area contributed by atoms with Gasteiger partial charge in [-0.25, -0.2) is 0 Å². The van der Waals surface area contributed by atoms with Crippen molar-refractivity contribution in [2.24, 2.45) is 0 Å². The Morgan fingerprint density at radius 2 is 2.19 bits per heavy atom. The summed E-state index contributed by atoms with van der Waals surface area (Å²) in [5, 5.41) is 4.95. The van der Waals surface area contributed by atoms with Crippen molar-refractivity contribution in [3.63, 3.8) is 0 Å². The fourth-order valence-corrected chi connectivity index (χ4v) is 3.51. The molecule has 1 aromatic carbocycles. The average molecular weight is 329 g/mol. The summed E-state index contributed by atoms with van der Waals surface area (Å²) < 4.78 is 0. The molecule has 0 saturated carbocycles. The molecular weight excluding hydrogens is 303 g/mol. The Kier molecular flexibility index (Phi) is 6.81. The van der Waals surface area contributed by atoms with E-state index in [1.807, 2.05) is 12.1 Å². The van der Waals surface area contributed by atoms with Gasteiger partial charge in [0, 0.05) is 18.6 Å². The van der Waals surface area contributed by atoms with E-state index in [2.05, 4.69) is 30.1 Å². The van der Waals surface area contributed by atoms with Gasteiger partial charge in [0.25, 0.3) is 0 Å². The summed E-state index contributed by atoms with van der Waals surface area (Å²) in [7, 11) is 0. The smallest absolute Gasteiger partial charge is 0.0640 e. The lowest BCUT2D eigenvalue weighted by molar-refractivity contribution is 0.189. The molecular formula is C17H26Cl2N2. The molecule has 118 valence electrons. The molecule has 1 heterocycles. The van der Waals surface area contributed by atoms with Crippen molar-refractivity contribution >= 4 is 23.2 Å². The van der Waals surface area contributed by atoms with E-state index in [1.165, 1.54) is 25.7 Å². The molecule has 2 nitrogen and oxygen atoms in total. The Hall–Kier alpha value is -0.280. The van der Waals surface area contributed by atoms with Gasteiger partial charge in [-0.1, -0.05) is 48.7 Å². The van der Waals surface area contributed by atoms with Crippen molar-refractivity contribution in [1.82, 2.24) is 10.2 Å². The second-order valence-electron chi connectivity index (χ2n) is 5.96. The van der Waals surface area contributed by atoms with E-state index in [4.69, 9.17) is 23.2 Å². The number of nitrogens with one attached hydrogen (secondary N) is 1. The van der Waals surface area contributed by atoms with Gasteiger partial charge in [-0.2, -0.15) is 0 Å². The first-order valence-corrected chi connectivity index (χ1v) is 8.80. The molecule has 2 rings (SSSR count). The van der Waals surface area contributed by atoms with Gasteiger partial charge in [-0.15, -0.1) is 0 Å². The summed E-state index contributed by atoms with van der Waals surface area (Å²) >= 11 is 12.6. The highest BCUT2D eigenvalue weighted by molar-refractivity contribution is 6.42. The quantitative estimate of drug-likeness (QED) is 0.765. The summed E-state index contributed by atoms with van der Waals surface area (Å²) in [6.45, 7) is 7.83. The lowest BCUT2D eigenvalue weighted by Crippen LogP contribution is -2.39. The third-order valence-electron chi connectivity index (χ3n) is 4.40. The SMILES string of the molecule is CCCCN(CC1CCCN1)C(C)c1cccc(Cl)c1Cl. The Bertz CT molecular complexity index is 444. The van der Waals surface area contributed by atoms with Crippen molar-refractivity contribution in [2.75, 3.05) is 19.6 Å². The van der Waals surface area contributed by atoms with E-state index in [9.17, 15) is 0 Å². The van der Waals surface area contributed by atoms with Crippen LogP contribution in [0.1, 0.15) is 51.1 Å². The number of unbranched alkanes of at least 4 members (excludes halogenated alkanes) is 1. The number of nitrogens with zero attached hydrogens (tertiary/aromatic N) is 1. The molecule has 0 bridgehead atoms. The summed E-state index contributed by atoms with van der Waals surface area (Å²) in [5.74, 6) is 0. The second kappa shape index (κ2) is 8.38. The molecule has 1 aromatic rings. The van der Waals surface area contributed by atoms with Crippen molar-refractivity contribution in [1.29, 1.82) is 0 Å². The molecule has 1 aliphatic heterocycles. The van der Waals surface area contributed by atoms with Gasteiger partial charge in [-0.05, 0) is 50.9 Å². The fraction of sp³-hybridized carbons (Fsp3) is 0.647. The minimum absolute atomic E-state index is 0.296. The van der Waals surface area contributed by atoms with Gasteiger partial charge >= 0.3 is 0 Å². The maximum absolute atomic E-state index is 6.41. The van der Waals surface area contributed by atoms with Crippen LogP contribution in [0.5, 0.6) is 0 Å². The van der Waals surface area contributed by atoms with Crippen LogP contribution in [0.15, 0.2) is 18.2 Å². The van der Waals surface area contributed by atoms with Crippen LogP contribution in [0.4, 0.5) is 0 Å². The monoisotopic (exact) mass is 328 g/mol. The molecule has 0 aliphatic carbocycles. The van der Waals surface area contributed by atoms with Crippen molar-refractivity contribution in [3.05, 3.63) is 33.8 Å². The molecule has 1 aliphatic rings. The molecule has 1 fully saturated rings. The lowest BCUT2D eigenvalue weighted by atomic mass is 10.0. The lowest BCUT2D eigenvalue weighted by Gasteiger charge is -2.32. The van der Waals surface area contributed by atoms with Gasteiger partial charge in [0.2, 0.25) is 0 Å². The first kappa shape index (κ1) is 17.1. The molecule has 2 unspecified atom stereocenters. The van der Waals surface area contributed by atoms with Crippen LogP contribution in [-0.4, -0.2) is 30.6 Å². The standard InChI is InChI=1S/C17H26Cl2N2/c1-3-4-11-21(12-14-7-6-10-20-14)13(2)15-8-5-9-16(18)17(15)19/h5,8-9,13-14,20H,3-4,6-7,10-12H2,1-2H3.